The third kappa shape index (κ3) is 4.70. The van der Waals surface area contributed by atoms with E-state index in [1.807, 2.05) is 0 Å². The molecule has 2 rings (SSSR count). The van der Waals surface area contributed by atoms with Crippen molar-refractivity contribution in [2.45, 2.75) is 0 Å². The molecule has 1 N–H and O–H groups in total. The number of methoxy groups -OCH3 is 2. The van der Waals surface area contributed by atoms with Crippen LogP contribution >= 0.6 is 0 Å². The second-order valence-electron chi connectivity index (χ2n) is 4.63. The maximum atomic E-state index is 13.3. The van der Waals surface area contributed by atoms with Gasteiger partial charge in [-0.1, -0.05) is 12.1 Å². The standard InChI is InChI=1S/C17H17FN2O4/c1-22-15-8-7-12(9-16(15)23-2)10-19-20-17(21)11-24-14-6-4-3-5-13(14)18/h3-10H,11H2,1-2H3,(H,20,21)/b19-10-. The Kier molecular flexibility index (Phi) is 6.13. The highest BCUT2D eigenvalue weighted by atomic mass is 19.1. The number of hydrazone groups is 1. The van der Waals surface area contributed by atoms with Crippen molar-refractivity contribution < 1.29 is 23.4 Å². The van der Waals surface area contributed by atoms with Gasteiger partial charge in [0.1, 0.15) is 0 Å². The molecule has 0 aliphatic heterocycles. The van der Waals surface area contributed by atoms with Crippen molar-refractivity contribution in [1.29, 1.82) is 0 Å². The van der Waals surface area contributed by atoms with Crippen LogP contribution in [0.5, 0.6) is 17.2 Å². The summed E-state index contributed by atoms with van der Waals surface area (Å²) in [7, 11) is 3.07. The molecule has 0 saturated heterocycles. The average molecular weight is 332 g/mol. The molecule has 6 nitrogen and oxygen atoms in total. The van der Waals surface area contributed by atoms with Crippen LogP contribution in [0.3, 0.4) is 0 Å². The molecule has 0 fully saturated rings. The van der Waals surface area contributed by atoms with E-state index in [2.05, 4.69) is 10.5 Å². The molecule has 0 atom stereocenters. The molecule has 2 aromatic carbocycles. The van der Waals surface area contributed by atoms with E-state index in [0.717, 1.165) is 0 Å². The van der Waals surface area contributed by atoms with Gasteiger partial charge in [-0.25, -0.2) is 9.82 Å². The number of carbonyl (C=O) groups is 1. The first-order valence-electron chi connectivity index (χ1n) is 7.05. The first-order valence-corrected chi connectivity index (χ1v) is 7.05. The maximum absolute atomic E-state index is 13.3. The van der Waals surface area contributed by atoms with Crippen molar-refractivity contribution in [2.24, 2.45) is 5.10 Å². The Balaban J connectivity index is 1.87. The summed E-state index contributed by atoms with van der Waals surface area (Å²) < 4.78 is 28.7. The van der Waals surface area contributed by atoms with Gasteiger partial charge in [-0.2, -0.15) is 5.10 Å². The number of hydrogen-bond donors (Lipinski definition) is 1. The third-order valence-electron chi connectivity index (χ3n) is 3.01. The van der Waals surface area contributed by atoms with E-state index in [1.165, 1.54) is 31.5 Å². The van der Waals surface area contributed by atoms with Crippen LogP contribution in [-0.2, 0) is 4.79 Å². The number of nitrogens with one attached hydrogen (secondary N) is 1. The number of rotatable bonds is 7. The van der Waals surface area contributed by atoms with Gasteiger partial charge in [0.15, 0.2) is 29.7 Å². The van der Waals surface area contributed by atoms with E-state index in [9.17, 15) is 9.18 Å². The number of amides is 1. The van der Waals surface area contributed by atoms with Crippen LogP contribution in [0.25, 0.3) is 0 Å². The molecule has 24 heavy (non-hydrogen) atoms. The van der Waals surface area contributed by atoms with Crippen molar-refractivity contribution in [1.82, 2.24) is 5.43 Å². The molecule has 7 heteroatoms. The summed E-state index contributed by atoms with van der Waals surface area (Å²) in [4.78, 5) is 11.6. The lowest BCUT2D eigenvalue weighted by molar-refractivity contribution is -0.123. The summed E-state index contributed by atoms with van der Waals surface area (Å²) in [6.45, 7) is -0.343. The molecule has 1 amide bonds. The zero-order chi connectivity index (χ0) is 17.4. The highest BCUT2D eigenvalue weighted by Crippen LogP contribution is 2.26. The minimum atomic E-state index is -0.529. The summed E-state index contributed by atoms with van der Waals surface area (Å²) in [5.41, 5.74) is 3.01. The molecule has 0 saturated carbocycles. The Morgan fingerprint density at radius 1 is 1.12 bits per heavy atom. The topological polar surface area (TPSA) is 69.2 Å². The smallest absolute Gasteiger partial charge is 0.277 e. The molecular weight excluding hydrogens is 315 g/mol. The molecule has 126 valence electrons. The first-order chi connectivity index (χ1) is 11.6. The van der Waals surface area contributed by atoms with Gasteiger partial charge >= 0.3 is 0 Å². The van der Waals surface area contributed by atoms with Crippen molar-refractivity contribution in [3.8, 4) is 17.2 Å². The minimum absolute atomic E-state index is 0.0107. The fourth-order valence-electron chi connectivity index (χ4n) is 1.85. The zero-order valence-corrected chi connectivity index (χ0v) is 13.3. The largest absolute Gasteiger partial charge is 0.493 e. The highest BCUT2D eigenvalue weighted by Gasteiger charge is 2.06. The van der Waals surface area contributed by atoms with Gasteiger partial charge in [-0.05, 0) is 35.9 Å². The van der Waals surface area contributed by atoms with Crippen LogP contribution in [-0.4, -0.2) is 32.9 Å². The molecule has 0 aromatic heterocycles. The molecule has 2 aromatic rings. The van der Waals surface area contributed by atoms with Gasteiger partial charge in [0, 0.05) is 0 Å². The number of nitrogens with zero attached hydrogens (tertiary/aromatic N) is 1. The van der Waals surface area contributed by atoms with Crippen LogP contribution in [0.15, 0.2) is 47.6 Å². The average Bonchev–Trinajstić information content (AvgIpc) is 2.61. The lowest BCUT2D eigenvalue weighted by atomic mass is 10.2. The van der Waals surface area contributed by atoms with Gasteiger partial charge in [0.05, 0.1) is 20.4 Å². The van der Waals surface area contributed by atoms with E-state index in [1.54, 1.807) is 31.4 Å². The Hall–Kier alpha value is -3.09. The lowest BCUT2D eigenvalue weighted by Gasteiger charge is -2.07. The Bertz CT molecular complexity index is 734. The summed E-state index contributed by atoms with van der Waals surface area (Å²) in [6.07, 6.45) is 1.45. The molecular formula is C17H17FN2O4. The monoisotopic (exact) mass is 332 g/mol. The van der Waals surface area contributed by atoms with Crippen LogP contribution < -0.4 is 19.6 Å². The fraction of sp³-hybridized carbons (Fsp3) is 0.176. The van der Waals surface area contributed by atoms with Crippen LogP contribution in [0, 0.1) is 5.82 Å². The molecule has 0 bridgehead atoms. The molecule has 0 aliphatic carbocycles. The van der Waals surface area contributed by atoms with E-state index in [4.69, 9.17) is 14.2 Å². The Morgan fingerprint density at radius 3 is 2.58 bits per heavy atom. The highest BCUT2D eigenvalue weighted by molar-refractivity contribution is 5.83. The molecule has 0 aliphatic rings. The minimum Gasteiger partial charge on any atom is -0.493 e. The second-order valence-corrected chi connectivity index (χ2v) is 4.63. The Labute approximate surface area is 138 Å². The van der Waals surface area contributed by atoms with Crippen molar-refractivity contribution in [2.75, 3.05) is 20.8 Å². The molecule has 0 unspecified atom stereocenters. The van der Waals surface area contributed by atoms with Crippen LogP contribution in [0.2, 0.25) is 0 Å². The van der Waals surface area contributed by atoms with E-state index < -0.39 is 11.7 Å². The lowest BCUT2D eigenvalue weighted by Crippen LogP contribution is -2.24. The van der Waals surface area contributed by atoms with Crippen LogP contribution in [0.1, 0.15) is 5.56 Å². The predicted octanol–water partition coefficient (Wildman–Crippen LogP) is 2.37. The molecule has 0 spiro atoms. The summed E-state index contributed by atoms with van der Waals surface area (Å²) in [5.74, 6) is 0.123. The van der Waals surface area contributed by atoms with Crippen LogP contribution in [0.4, 0.5) is 4.39 Å². The van der Waals surface area contributed by atoms with Crippen molar-refractivity contribution >= 4 is 12.1 Å². The summed E-state index contributed by atoms with van der Waals surface area (Å²) in [5, 5.41) is 3.81. The third-order valence-corrected chi connectivity index (χ3v) is 3.01. The number of benzene rings is 2. The normalized spacial score (nSPS) is 10.5. The van der Waals surface area contributed by atoms with E-state index >= 15 is 0 Å². The molecule has 0 radical (unpaired) electrons. The second kappa shape index (κ2) is 8.52. The SMILES string of the molecule is COc1ccc(/C=N\NC(=O)COc2ccccc2F)cc1OC. The summed E-state index contributed by atoms with van der Waals surface area (Å²) in [6, 6.07) is 11.0. The van der Waals surface area contributed by atoms with Gasteiger partial charge in [-0.15, -0.1) is 0 Å². The van der Waals surface area contributed by atoms with E-state index in [0.29, 0.717) is 17.1 Å². The number of para-hydroxylation sites is 1. The number of carbonyl (C=O) groups excluding carboxylic acids is 1. The van der Waals surface area contributed by atoms with Gasteiger partial charge < -0.3 is 14.2 Å². The molecule has 0 heterocycles. The zero-order valence-electron chi connectivity index (χ0n) is 13.3. The van der Waals surface area contributed by atoms with Gasteiger partial charge in [0.25, 0.3) is 5.91 Å². The van der Waals surface area contributed by atoms with Gasteiger partial charge in [0.2, 0.25) is 0 Å². The maximum Gasteiger partial charge on any atom is 0.277 e. The Morgan fingerprint density at radius 2 is 1.88 bits per heavy atom. The van der Waals surface area contributed by atoms with Gasteiger partial charge in [-0.3, -0.25) is 4.79 Å². The number of hydrogen-bond acceptors (Lipinski definition) is 5. The van der Waals surface area contributed by atoms with Crippen molar-refractivity contribution in [3.63, 3.8) is 0 Å². The number of ether oxygens (including phenoxy) is 3. The quantitative estimate of drug-likeness (QED) is 0.624. The fourth-order valence-corrected chi connectivity index (χ4v) is 1.85. The summed E-state index contributed by atoms with van der Waals surface area (Å²) >= 11 is 0. The van der Waals surface area contributed by atoms with Crippen molar-refractivity contribution in [3.05, 3.63) is 53.8 Å². The number of halogens is 1. The first kappa shape index (κ1) is 17.3. The predicted molar refractivity (Wildman–Crippen MR) is 87.2 cm³/mol. The van der Waals surface area contributed by atoms with E-state index in [-0.39, 0.29) is 12.4 Å².